The lowest BCUT2D eigenvalue weighted by atomic mass is 9.98. The maximum absolute atomic E-state index is 12.9. The number of hydrogen-bond acceptors (Lipinski definition) is 2. The van der Waals surface area contributed by atoms with E-state index in [0.29, 0.717) is 11.1 Å². The minimum absolute atomic E-state index is 0.208. The first kappa shape index (κ1) is 19.4. The molecule has 4 nitrogen and oxygen atoms in total. The Morgan fingerprint density at radius 1 is 0.533 bits per heavy atom. The van der Waals surface area contributed by atoms with Crippen LogP contribution in [0.25, 0.3) is 10.8 Å². The van der Waals surface area contributed by atoms with Crippen LogP contribution in [0.2, 0.25) is 0 Å². The SMILES string of the molecule is Cc1ccc(NC(=O)c2ccc(C(=O)Nc3ccc(C)cc3)c3ccccc23)cc1. The van der Waals surface area contributed by atoms with Crippen LogP contribution in [0.4, 0.5) is 11.4 Å². The van der Waals surface area contributed by atoms with E-state index < -0.39 is 0 Å². The van der Waals surface area contributed by atoms with Crippen molar-refractivity contribution in [2.45, 2.75) is 13.8 Å². The molecule has 0 radical (unpaired) electrons. The highest BCUT2D eigenvalue weighted by atomic mass is 16.2. The van der Waals surface area contributed by atoms with E-state index in [1.165, 1.54) is 0 Å². The number of rotatable bonds is 4. The lowest BCUT2D eigenvalue weighted by Gasteiger charge is -2.12. The molecule has 30 heavy (non-hydrogen) atoms. The molecule has 148 valence electrons. The molecule has 2 N–H and O–H groups in total. The number of nitrogens with one attached hydrogen (secondary N) is 2. The quantitative estimate of drug-likeness (QED) is 0.449. The number of carbonyl (C=O) groups excluding carboxylic acids is 2. The topological polar surface area (TPSA) is 58.2 Å². The van der Waals surface area contributed by atoms with Crippen LogP contribution in [0.1, 0.15) is 31.8 Å². The highest BCUT2D eigenvalue weighted by molar-refractivity contribution is 6.19. The fourth-order valence-electron chi connectivity index (χ4n) is 3.37. The zero-order valence-corrected chi connectivity index (χ0v) is 16.9. The molecule has 0 fully saturated rings. The molecular weight excluding hydrogens is 372 g/mol. The summed E-state index contributed by atoms with van der Waals surface area (Å²) in [6.07, 6.45) is 0. The van der Waals surface area contributed by atoms with E-state index in [2.05, 4.69) is 10.6 Å². The van der Waals surface area contributed by atoms with Crippen molar-refractivity contribution in [2.75, 3.05) is 10.6 Å². The van der Waals surface area contributed by atoms with Gasteiger partial charge in [-0.2, -0.15) is 0 Å². The van der Waals surface area contributed by atoms with Gasteiger partial charge < -0.3 is 10.6 Å². The van der Waals surface area contributed by atoms with Crippen LogP contribution in [0, 0.1) is 13.8 Å². The van der Waals surface area contributed by atoms with E-state index in [1.54, 1.807) is 12.1 Å². The molecule has 0 aliphatic carbocycles. The van der Waals surface area contributed by atoms with Crippen molar-refractivity contribution in [3.05, 3.63) is 107 Å². The number of aryl methyl sites for hydroxylation is 2. The van der Waals surface area contributed by atoms with Gasteiger partial charge in [0.05, 0.1) is 0 Å². The molecule has 0 saturated carbocycles. The van der Waals surface area contributed by atoms with Crippen molar-refractivity contribution in [2.24, 2.45) is 0 Å². The summed E-state index contributed by atoms with van der Waals surface area (Å²) in [5.41, 5.74) is 4.77. The van der Waals surface area contributed by atoms with E-state index in [-0.39, 0.29) is 11.8 Å². The normalized spacial score (nSPS) is 10.6. The Morgan fingerprint density at radius 3 is 1.27 bits per heavy atom. The van der Waals surface area contributed by atoms with Crippen molar-refractivity contribution in [3.8, 4) is 0 Å². The lowest BCUT2D eigenvalue weighted by Crippen LogP contribution is -2.15. The third-order valence-electron chi connectivity index (χ3n) is 5.03. The second-order valence-electron chi connectivity index (χ2n) is 7.35. The molecule has 0 aliphatic rings. The maximum atomic E-state index is 12.9. The molecule has 0 spiro atoms. The summed E-state index contributed by atoms with van der Waals surface area (Å²) >= 11 is 0. The van der Waals surface area contributed by atoms with Crippen molar-refractivity contribution in [3.63, 3.8) is 0 Å². The number of benzene rings is 4. The van der Waals surface area contributed by atoms with Gasteiger partial charge in [0.1, 0.15) is 0 Å². The van der Waals surface area contributed by atoms with Gasteiger partial charge in [-0.3, -0.25) is 9.59 Å². The number of carbonyl (C=O) groups is 2. The second kappa shape index (κ2) is 8.21. The molecule has 2 amide bonds. The zero-order chi connectivity index (χ0) is 21.1. The van der Waals surface area contributed by atoms with Crippen molar-refractivity contribution < 1.29 is 9.59 Å². The summed E-state index contributed by atoms with van der Waals surface area (Å²) in [5, 5.41) is 7.33. The second-order valence-corrected chi connectivity index (χ2v) is 7.35. The molecular formula is C26H22N2O2. The Bertz CT molecular complexity index is 1130. The molecule has 4 rings (SSSR count). The van der Waals surface area contributed by atoms with Crippen LogP contribution in [0.15, 0.2) is 84.9 Å². The Hall–Kier alpha value is -3.92. The Labute approximate surface area is 175 Å². The summed E-state index contributed by atoms with van der Waals surface area (Å²) in [4.78, 5) is 25.8. The molecule has 0 aromatic heterocycles. The average Bonchev–Trinajstić information content (AvgIpc) is 2.76. The summed E-state index contributed by atoms with van der Waals surface area (Å²) in [7, 11) is 0. The Balaban J connectivity index is 1.65. The predicted octanol–water partition coefficient (Wildman–Crippen LogP) is 5.96. The fourth-order valence-corrected chi connectivity index (χ4v) is 3.37. The number of fused-ring (bicyclic) bond motifs is 1. The van der Waals surface area contributed by atoms with Crippen LogP contribution in [0.3, 0.4) is 0 Å². The highest BCUT2D eigenvalue weighted by Gasteiger charge is 2.16. The zero-order valence-electron chi connectivity index (χ0n) is 16.9. The van der Waals surface area contributed by atoms with Crippen LogP contribution < -0.4 is 10.6 Å². The van der Waals surface area contributed by atoms with Crippen LogP contribution >= 0.6 is 0 Å². The van der Waals surface area contributed by atoms with Gasteiger partial charge in [0.25, 0.3) is 11.8 Å². The van der Waals surface area contributed by atoms with Crippen molar-refractivity contribution in [1.82, 2.24) is 0 Å². The molecule has 4 aromatic rings. The summed E-state index contributed by atoms with van der Waals surface area (Å²) < 4.78 is 0. The molecule has 0 bridgehead atoms. The minimum Gasteiger partial charge on any atom is -0.322 e. The van der Waals surface area contributed by atoms with Gasteiger partial charge in [0.15, 0.2) is 0 Å². The highest BCUT2D eigenvalue weighted by Crippen LogP contribution is 2.25. The van der Waals surface area contributed by atoms with Crippen LogP contribution in [0.5, 0.6) is 0 Å². The first-order valence-electron chi connectivity index (χ1n) is 9.79. The monoisotopic (exact) mass is 394 g/mol. The Kier molecular flexibility index (Phi) is 5.31. The molecule has 0 atom stereocenters. The standard InChI is InChI=1S/C26H22N2O2/c1-17-7-11-19(12-8-17)27-25(29)23-15-16-24(22-6-4-3-5-21(22)23)26(30)28-20-13-9-18(2)10-14-20/h3-16H,1-2H3,(H,27,29)(H,28,30). The molecule has 0 aliphatic heterocycles. The van der Waals surface area contributed by atoms with E-state index in [4.69, 9.17) is 0 Å². The van der Waals surface area contributed by atoms with Crippen molar-refractivity contribution >= 4 is 34.0 Å². The molecule has 0 saturated heterocycles. The average molecular weight is 394 g/mol. The summed E-state index contributed by atoms with van der Waals surface area (Å²) in [6, 6.07) is 26.2. The minimum atomic E-state index is -0.208. The summed E-state index contributed by atoms with van der Waals surface area (Å²) in [5.74, 6) is -0.416. The molecule has 4 aromatic carbocycles. The van der Waals surface area contributed by atoms with Gasteiger partial charge in [-0.25, -0.2) is 0 Å². The first-order valence-corrected chi connectivity index (χ1v) is 9.79. The molecule has 0 unspecified atom stereocenters. The van der Waals surface area contributed by atoms with E-state index in [0.717, 1.165) is 33.3 Å². The summed E-state index contributed by atoms with van der Waals surface area (Å²) in [6.45, 7) is 4.00. The smallest absolute Gasteiger partial charge is 0.256 e. The number of anilines is 2. The van der Waals surface area contributed by atoms with Gasteiger partial charge in [-0.05, 0) is 61.0 Å². The van der Waals surface area contributed by atoms with Crippen LogP contribution in [-0.4, -0.2) is 11.8 Å². The van der Waals surface area contributed by atoms with E-state index in [9.17, 15) is 9.59 Å². The Morgan fingerprint density at radius 2 is 0.900 bits per heavy atom. The van der Waals surface area contributed by atoms with Crippen LogP contribution in [-0.2, 0) is 0 Å². The van der Waals surface area contributed by atoms with Gasteiger partial charge >= 0.3 is 0 Å². The number of hydrogen-bond donors (Lipinski definition) is 2. The predicted molar refractivity (Wildman–Crippen MR) is 122 cm³/mol. The van der Waals surface area contributed by atoms with Gasteiger partial charge in [0.2, 0.25) is 0 Å². The van der Waals surface area contributed by atoms with E-state index in [1.807, 2.05) is 86.6 Å². The molecule has 0 heterocycles. The van der Waals surface area contributed by atoms with E-state index >= 15 is 0 Å². The third kappa shape index (κ3) is 4.08. The van der Waals surface area contributed by atoms with Gasteiger partial charge in [-0.15, -0.1) is 0 Å². The van der Waals surface area contributed by atoms with Crippen molar-refractivity contribution in [1.29, 1.82) is 0 Å². The fraction of sp³-hybridized carbons (Fsp3) is 0.0769. The van der Waals surface area contributed by atoms with Gasteiger partial charge in [0, 0.05) is 22.5 Å². The first-order chi connectivity index (χ1) is 14.5. The number of amides is 2. The largest absolute Gasteiger partial charge is 0.322 e. The lowest BCUT2D eigenvalue weighted by molar-refractivity contribution is 0.101. The third-order valence-corrected chi connectivity index (χ3v) is 5.03. The maximum Gasteiger partial charge on any atom is 0.256 e. The molecule has 4 heteroatoms. The van der Waals surface area contributed by atoms with Gasteiger partial charge in [-0.1, -0.05) is 59.7 Å².